The summed E-state index contributed by atoms with van der Waals surface area (Å²) >= 11 is 0. The molecule has 1 aromatic rings. The molecule has 2 heterocycles. The van der Waals surface area contributed by atoms with Crippen LogP contribution in [0.2, 0.25) is 0 Å². The molecule has 8 heteroatoms. The van der Waals surface area contributed by atoms with Gasteiger partial charge in [-0.15, -0.1) is 13.2 Å². The average Bonchev–Trinajstić information content (AvgIpc) is 2.74. The fourth-order valence-corrected chi connectivity index (χ4v) is 5.09. The molecule has 0 bridgehead atoms. The van der Waals surface area contributed by atoms with Crippen LogP contribution in [0.3, 0.4) is 0 Å². The van der Waals surface area contributed by atoms with Crippen LogP contribution in [0.25, 0.3) is 6.08 Å². The third kappa shape index (κ3) is 6.59. The van der Waals surface area contributed by atoms with E-state index in [1.165, 1.54) is 6.07 Å². The van der Waals surface area contributed by atoms with Gasteiger partial charge in [0, 0.05) is 31.0 Å². The lowest BCUT2D eigenvalue weighted by molar-refractivity contribution is -0.274. The maximum atomic E-state index is 13.1. The van der Waals surface area contributed by atoms with Crippen LogP contribution in [0.4, 0.5) is 18.9 Å². The standard InChI is InChI=1S/C25H34F3N3O2/c1-5-6-21-20(7-8-22(24(21)29-3)33-25(26,27)28)19-13-17(2)15-31(16-19)23(32)14-18-9-11-30(4)12-10-18/h5-8,17-19H,3,9-16H2,1-2,4H3/b6-5-/t17-,19+/m1/s1. The maximum Gasteiger partial charge on any atom is 0.573 e. The maximum absolute atomic E-state index is 13.1. The third-order valence-electron chi connectivity index (χ3n) is 6.68. The van der Waals surface area contributed by atoms with Gasteiger partial charge in [-0.3, -0.25) is 9.79 Å². The second-order valence-electron chi connectivity index (χ2n) is 9.41. The first-order valence-corrected chi connectivity index (χ1v) is 11.6. The summed E-state index contributed by atoms with van der Waals surface area (Å²) in [7, 11) is 2.11. The lowest BCUT2D eigenvalue weighted by Crippen LogP contribution is -2.44. The zero-order valence-electron chi connectivity index (χ0n) is 19.7. The molecule has 2 atom stereocenters. The predicted octanol–water partition coefficient (Wildman–Crippen LogP) is 5.63. The van der Waals surface area contributed by atoms with Gasteiger partial charge in [0.25, 0.3) is 0 Å². The SMILES string of the molecule is C=Nc1c(OC(F)(F)F)ccc([C@H]2C[C@@H](C)CN(C(=O)CC3CCN(C)CC3)C2)c1/C=C\C. The molecule has 0 saturated carbocycles. The molecule has 3 rings (SSSR count). The minimum atomic E-state index is -4.81. The van der Waals surface area contributed by atoms with Gasteiger partial charge in [0.15, 0.2) is 5.75 Å². The first kappa shape index (κ1) is 25.3. The molecule has 0 aliphatic carbocycles. The number of rotatable bonds is 6. The van der Waals surface area contributed by atoms with Crippen molar-refractivity contribution in [2.75, 3.05) is 33.2 Å². The van der Waals surface area contributed by atoms with Crippen molar-refractivity contribution in [3.05, 3.63) is 29.3 Å². The molecular formula is C25H34F3N3O2. The molecule has 0 N–H and O–H groups in total. The van der Waals surface area contributed by atoms with Crippen LogP contribution in [0.1, 0.15) is 56.6 Å². The van der Waals surface area contributed by atoms with E-state index in [0.717, 1.165) is 37.9 Å². The summed E-state index contributed by atoms with van der Waals surface area (Å²) in [6.45, 7) is 10.7. The van der Waals surface area contributed by atoms with E-state index in [2.05, 4.69) is 35.3 Å². The van der Waals surface area contributed by atoms with Crippen molar-refractivity contribution in [1.82, 2.24) is 9.80 Å². The Morgan fingerprint density at radius 3 is 2.58 bits per heavy atom. The first-order chi connectivity index (χ1) is 15.6. The minimum absolute atomic E-state index is 0.00169. The van der Waals surface area contributed by atoms with E-state index < -0.39 is 6.36 Å². The Labute approximate surface area is 194 Å². The van der Waals surface area contributed by atoms with Crippen LogP contribution in [0.15, 0.2) is 23.2 Å². The largest absolute Gasteiger partial charge is 0.573 e. The molecule has 182 valence electrons. The van der Waals surface area contributed by atoms with E-state index in [4.69, 9.17) is 0 Å². The number of likely N-dealkylation sites (tertiary alicyclic amines) is 2. The first-order valence-electron chi connectivity index (χ1n) is 11.6. The molecule has 0 unspecified atom stereocenters. The second kappa shape index (κ2) is 10.7. The highest BCUT2D eigenvalue weighted by Crippen LogP contribution is 2.42. The fraction of sp³-hybridized carbons (Fsp3) is 0.600. The van der Waals surface area contributed by atoms with Crippen LogP contribution >= 0.6 is 0 Å². The van der Waals surface area contributed by atoms with Gasteiger partial charge >= 0.3 is 6.36 Å². The normalized spacial score (nSPS) is 23.2. The number of aliphatic imine (C=N–C) groups is 1. The summed E-state index contributed by atoms with van der Waals surface area (Å²) in [5.41, 5.74) is 1.51. The number of alkyl halides is 3. The van der Waals surface area contributed by atoms with Crippen molar-refractivity contribution in [2.45, 2.75) is 51.8 Å². The molecule has 5 nitrogen and oxygen atoms in total. The Morgan fingerprint density at radius 2 is 1.97 bits per heavy atom. The van der Waals surface area contributed by atoms with E-state index in [0.29, 0.717) is 31.0 Å². The van der Waals surface area contributed by atoms with Crippen LogP contribution in [-0.4, -0.2) is 62.0 Å². The zero-order valence-corrected chi connectivity index (χ0v) is 19.7. The highest BCUT2D eigenvalue weighted by atomic mass is 19.4. The number of halogens is 3. The molecule has 33 heavy (non-hydrogen) atoms. The fourth-order valence-electron chi connectivity index (χ4n) is 5.09. The number of carbonyl (C=O) groups excluding carboxylic acids is 1. The van der Waals surface area contributed by atoms with Crippen molar-refractivity contribution in [3.63, 3.8) is 0 Å². The van der Waals surface area contributed by atoms with Gasteiger partial charge in [0.2, 0.25) is 5.91 Å². The Morgan fingerprint density at radius 1 is 1.27 bits per heavy atom. The molecular weight excluding hydrogens is 431 g/mol. The third-order valence-corrected chi connectivity index (χ3v) is 6.68. The van der Waals surface area contributed by atoms with Crippen molar-refractivity contribution in [1.29, 1.82) is 0 Å². The van der Waals surface area contributed by atoms with Gasteiger partial charge in [0.05, 0.1) is 0 Å². The Balaban J connectivity index is 1.83. The predicted molar refractivity (Wildman–Crippen MR) is 125 cm³/mol. The van der Waals surface area contributed by atoms with Gasteiger partial charge < -0.3 is 14.5 Å². The van der Waals surface area contributed by atoms with E-state index in [1.807, 2.05) is 4.90 Å². The van der Waals surface area contributed by atoms with Crippen LogP contribution < -0.4 is 4.74 Å². The number of carbonyl (C=O) groups is 1. The molecule has 0 radical (unpaired) electrons. The minimum Gasteiger partial charge on any atom is -0.403 e. The lowest BCUT2D eigenvalue weighted by atomic mass is 9.82. The number of piperidine rings is 2. The summed E-state index contributed by atoms with van der Waals surface area (Å²) in [5.74, 6) is 0.510. The molecule has 2 saturated heterocycles. The Bertz CT molecular complexity index is 876. The molecule has 1 amide bonds. The van der Waals surface area contributed by atoms with Crippen molar-refractivity contribution in [3.8, 4) is 5.75 Å². The van der Waals surface area contributed by atoms with Gasteiger partial charge in [0.1, 0.15) is 5.69 Å². The quantitative estimate of drug-likeness (QED) is 0.511. The van der Waals surface area contributed by atoms with Gasteiger partial charge in [-0.2, -0.15) is 0 Å². The van der Waals surface area contributed by atoms with Gasteiger partial charge in [-0.1, -0.05) is 25.1 Å². The van der Waals surface area contributed by atoms with Crippen LogP contribution in [0, 0.1) is 11.8 Å². The van der Waals surface area contributed by atoms with E-state index in [-0.39, 0.29) is 29.2 Å². The summed E-state index contributed by atoms with van der Waals surface area (Å²) < 4.78 is 42.8. The number of ether oxygens (including phenoxy) is 1. The number of benzene rings is 1. The number of amides is 1. The molecule has 0 aromatic heterocycles. The van der Waals surface area contributed by atoms with Gasteiger partial charge in [-0.05, 0) is 76.5 Å². The Kier molecular flexibility index (Phi) is 8.21. The topological polar surface area (TPSA) is 45.1 Å². The van der Waals surface area contributed by atoms with E-state index in [1.54, 1.807) is 25.1 Å². The summed E-state index contributed by atoms with van der Waals surface area (Å²) in [5, 5.41) is 0. The van der Waals surface area contributed by atoms with Crippen LogP contribution in [0.5, 0.6) is 5.75 Å². The van der Waals surface area contributed by atoms with Gasteiger partial charge in [-0.25, -0.2) is 0 Å². The summed E-state index contributed by atoms with van der Waals surface area (Å²) in [6.07, 6.45) is 2.17. The number of hydrogen-bond acceptors (Lipinski definition) is 4. The number of hydrogen-bond donors (Lipinski definition) is 0. The van der Waals surface area contributed by atoms with Crippen LogP contribution in [-0.2, 0) is 4.79 Å². The highest BCUT2D eigenvalue weighted by Gasteiger charge is 2.35. The van der Waals surface area contributed by atoms with E-state index >= 15 is 0 Å². The van der Waals surface area contributed by atoms with Crippen molar-refractivity contribution >= 4 is 24.4 Å². The van der Waals surface area contributed by atoms with Crippen molar-refractivity contribution < 1.29 is 22.7 Å². The Hall–Kier alpha value is -2.35. The molecule has 2 fully saturated rings. The molecule has 1 aromatic carbocycles. The molecule has 2 aliphatic rings. The van der Waals surface area contributed by atoms with E-state index in [9.17, 15) is 18.0 Å². The molecule has 0 spiro atoms. The average molecular weight is 466 g/mol. The number of nitrogens with zero attached hydrogens (tertiary/aromatic N) is 3. The number of allylic oxidation sites excluding steroid dienone is 1. The monoisotopic (exact) mass is 465 g/mol. The summed E-state index contributed by atoms with van der Waals surface area (Å²) in [4.78, 5) is 21.2. The van der Waals surface area contributed by atoms with Crippen molar-refractivity contribution in [2.24, 2.45) is 16.8 Å². The zero-order chi connectivity index (χ0) is 24.2. The lowest BCUT2D eigenvalue weighted by Gasteiger charge is -2.38. The second-order valence-corrected chi connectivity index (χ2v) is 9.41. The molecule has 2 aliphatic heterocycles. The highest BCUT2D eigenvalue weighted by molar-refractivity contribution is 5.77. The summed E-state index contributed by atoms with van der Waals surface area (Å²) in [6, 6.07) is 2.98. The smallest absolute Gasteiger partial charge is 0.403 e.